The number of hydrogen-bond acceptors (Lipinski definition) is 2. The van der Waals surface area contributed by atoms with Gasteiger partial charge in [0.1, 0.15) is 0 Å². The number of rotatable bonds is 4. The lowest BCUT2D eigenvalue weighted by atomic mass is 10.2. The van der Waals surface area contributed by atoms with E-state index in [9.17, 15) is 4.79 Å². The minimum absolute atomic E-state index is 0.00746. The third-order valence-corrected chi connectivity index (χ3v) is 3.44. The average Bonchev–Trinajstić information content (AvgIpc) is 3.04. The number of carbonyl (C=O) groups is 1. The molecule has 0 aliphatic carbocycles. The van der Waals surface area contributed by atoms with E-state index in [-0.39, 0.29) is 5.91 Å². The predicted molar refractivity (Wildman–Crippen MR) is 85.8 cm³/mol. The SMILES string of the molecule is CN(Cc1cnn(-c2ccccc2)c1)C(=O)c1ccccc1. The molecule has 0 atom stereocenters. The molecule has 3 rings (SSSR count). The lowest BCUT2D eigenvalue weighted by Crippen LogP contribution is -2.25. The molecule has 0 fully saturated rings. The van der Waals surface area contributed by atoms with Gasteiger partial charge in [0.05, 0.1) is 11.9 Å². The molecule has 110 valence electrons. The monoisotopic (exact) mass is 291 g/mol. The van der Waals surface area contributed by atoms with E-state index in [0.29, 0.717) is 12.1 Å². The van der Waals surface area contributed by atoms with Crippen molar-refractivity contribution >= 4 is 5.91 Å². The van der Waals surface area contributed by atoms with Gasteiger partial charge in [-0.25, -0.2) is 4.68 Å². The Morgan fingerprint density at radius 1 is 1.05 bits per heavy atom. The molecule has 2 aromatic carbocycles. The van der Waals surface area contributed by atoms with E-state index in [1.54, 1.807) is 18.1 Å². The highest BCUT2D eigenvalue weighted by Gasteiger charge is 2.12. The third-order valence-electron chi connectivity index (χ3n) is 3.44. The Morgan fingerprint density at radius 3 is 2.36 bits per heavy atom. The second-order valence-corrected chi connectivity index (χ2v) is 5.16. The summed E-state index contributed by atoms with van der Waals surface area (Å²) in [4.78, 5) is 14.0. The molecular formula is C18H17N3O. The van der Waals surface area contributed by atoms with Crippen molar-refractivity contribution in [1.82, 2.24) is 14.7 Å². The maximum Gasteiger partial charge on any atom is 0.253 e. The topological polar surface area (TPSA) is 38.1 Å². The van der Waals surface area contributed by atoms with Crippen LogP contribution in [0.2, 0.25) is 0 Å². The van der Waals surface area contributed by atoms with Crippen LogP contribution in [0.25, 0.3) is 5.69 Å². The molecule has 0 radical (unpaired) electrons. The maximum absolute atomic E-state index is 12.3. The van der Waals surface area contributed by atoms with Crippen LogP contribution in [0.4, 0.5) is 0 Å². The zero-order valence-electron chi connectivity index (χ0n) is 12.4. The van der Waals surface area contributed by atoms with Crippen LogP contribution >= 0.6 is 0 Å². The summed E-state index contributed by atoms with van der Waals surface area (Å²) in [6, 6.07) is 19.2. The van der Waals surface area contributed by atoms with Gasteiger partial charge in [-0.15, -0.1) is 0 Å². The fourth-order valence-electron chi connectivity index (χ4n) is 2.31. The van der Waals surface area contributed by atoms with Crippen LogP contribution in [0.1, 0.15) is 15.9 Å². The lowest BCUT2D eigenvalue weighted by molar-refractivity contribution is 0.0785. The van der Waals surface area contributed by atoms with Gasteiger partial charge in [-0.3, -0.25) is 4.79 Å². The predicted octanol–water partition coefficient (Wildman–Crippen LogP) is 3.14. The van der Waals surface area contributed by atoms with E-state index < -0.39 is 0 Å². The molecule has 3 aromatic rings. The molecule has 0 aliphatic rings. The minimum atomic E-state index is 0.00746. The van der Waals surface area contributed by atoms with Crippen molar-refractivity contribution in [1.29, 1.82) is 0 Å². The summed E-state index contributed by atoms with van der Waals surface area (Å²) in [7, 11) is 1.80. The molecule has 1 aromatic heterocycles. The molecule has 4 heteroatoms. The van der Waals surface area contributed by atoms with E-state index in [2.05, 4.69) is 5.10 Å². The van der Waals surface area contributed by atoms with Crippen molar-refractivity contribution in [2.75, 3.05) is 7.05 Å². The van der Waals surface area contributed by atoms with Crippen molar-refractivity contribution < 1.29 is 4.79 Å². The molecule has 0 bridgehead atoms. The van der Waals surface area contributed by atoms with Crippen LogP contribution < -0.4 is 0 Å². The van der Waals surface area contributed by atoms with Gasteiger partial charge in [-0.1, -0.05) is 36.4 Å². The van der Waals surface area contributed by atoms with Gasteiger partial charge in [-0.2, -0.15) is 5.10 Å². The minimum Gasteiger partial charge on any atom is -0.337 e. The van der Waals surface area contributed by atoms with Crippen molar-refractivity contribution in [3.8, 4) is 5.69 Å². The highest BCUT2D eigenvalue weighted by molar-refractivity contribution is 5.93. The quantitative estimate of drug-likeness (QED) is 0.740. The Kier molecular flexibility index (Phi) is 4.01. The first-order chi connectivity index (χ1) is 10.7. The number of benzene rings is 2. The molecule has 1 amide bonds. The molecular weight excluding hydrogens is 274 g/mol. The molecule has 0 saturated carbocycles. The first-order valence-electron chi connectivity index (χ1n) is 7.13. The van der Waals surface area contributed by atoms with Crippen molar-refractivity contribution in [2.45, 2.75) is 6.54 Å². The van der Waals surface area contributed by atoms with Gasteiger partial charge in [0.15, 0.2) is 0 Å². The molecule has 1 heterocycles. The van der Waals surface area contributed by atoms with E-state index >= 15 is 0 Å². The summed E-state index contributed by atoms with van der Waals surface area (Å²) in [5.41, 5.74) is 2.70. The average molecular weight is 291 g/mol. The fourth-order valence-corrected chi connectivity index (χ4v) is 2.31. The number of aromatic nitrogens is 2. The highest BCUT2D eigenvalue weighted by atomic mass is 16.2. The van der Waals surface area contributed by atoms with Crippen molar-refractivity contribution in [2.24, 2.45) is 0 Å². The van der Waals surface area contributed by atoms with E-state index in [4.69, 9.17) is 0 Å². The van der Waals surface area contributed by atoms with Crippen LogP contribution in [-0.2, 0) is 6.54 Å². The van der Waals surface area contributed by atoms with Crippen molar-refractivity contribution in [3.63, 3.8) is 0 Å². The molecule has 22 heavy (non-hydrogen) atoms. The summed E-state index contributed by atoms with van der Waals surface area (Å²) in [5.74, 6) is 0.00746. The molecule has 0 N–H and O–H groups in total. The highest BCUT2D eigenvalue weighted by Crippen LogP contribution is 2.11. The zero-order chi connectivity index (χ0) is 15.4. The van der Waals surface area contributed by atoms with Crippen LogP contribution in [0, 0.1) is 0 Å². The number of carbonyl (C=O) groups excluding carboxylic acids is 1. The number of para-hydroxylation sites is 1. The van der Waals surface area contributed by atoms with Crippen LogP contribution in [-0.4, -0.2) is 27.6 Å². The largest absolute Gasteiger partial charge is 0.337 e. The standard InChI is InChI=1S/C18H17N3O/c1-20(18(22)16-8-4-2-5-9-16)13-15-12-19-21(14-15)17-10-6-3-7-11-17/h2-12,14H,13H2,1H3. The van der Waals surface area contributed by atoms with Crippen molar-refractivity contribution in [3.05, 3.63) is 84.2 Å². The van der Waals surface area contributed by atoms with Crippen LogP contribution in [0.3, 0.4) is 0 Å². The number of nitrogens with zero attached hydrogens (tertiary/aromatic N) is 3. The second kappa shape index (κ2) is 6.26. The van der Waals surface area contributed by atoms with Gasteiger partial charge >= 0.3 is 0 Å². The first kappa shape index (κ1) is 14.1. The van der Waals surface area contributed by atoms with E-state index in [1.807, 2.05) is 71.5 Å². The normalized spacial score (nSPS) is 10.4. The summed E-state index contributed by atoms with van der Waals surface area (Å²) in [5, 5.41) is 4.35. The Bertz CT molecular complexity index is 750. The van der Waals surface area contributed by atoms with Gasteiger partial charge in [0.25, 0.3) is 5.91 Å². The molecule has 4 nitrogen and oxygen atoms in total. The summed E-state index contributed by atoms with van der Waals surface area (Å²) < 4.78 is 1.82. The van der Waals surface area contributed by atoms with Gasteiger partial charge in [-0.05, 0) is 24.3 Å². The fraction of sp³-hybridized carbons (Fsp3) is 0.111. The summed E-state index contributed by atoms with van der Waals surface area (Å²) >= 11 is 0. The third kappa shape index (κ3) is 3.06. The second-order valence-electron chi connectivity index (χ2n) is 5.16. The van der Waals surface area contributed by atoms with E-state index in [1.165, 1.54) is 0 Å². The van der Waals surface area contributed by atoms with Gasteiger partial charge in [0.2, 0.25) is 0 Å². The molecule has 0 saturated heterocycles. The molecule has 0 aliphatic heterocycles. The van der Waals surface area contributed by atoms with Gasteiger partial charge < -0.3 is 4.90 Å². The van der Waals surface area contributed by atoms with Crippen LogP contribution in [0.5, 0.6) is 0 Å². The van der Waals surface area contributed by atoms with Crippen LogP contribution in [0.15, 0.2) is 73.1 Å². The Labute approximate surface area is 129 Å². The molecule has 0 unspecified atom stereocenters. The Hall–Kier alpha value is -2.88. The molecule has 0 spiro atoms. The number of hydrogen-bond donors (Lipinski definition) is 0. The lowest BCUT2D eigenvalue weighted by Gasteiger charge is -2.16. The van der Waals surface area contributed by atoms with Gasteiger partial charge in [0, 0.05) is 30.9 Å². The maximum atomic E-state index is 12.3. The first-order valence-corrected chi connectivity index (χ1v) is 7.13. The van der Waals surface area contributed by atoms with E-state index in [0.717, 1.165) is 11.3 Å². The smallest absolute Gasteiger partial charge is 0.253 e. The Morgan fingerprint density at radius 2 is 1.68 bits per heavy atom. The number of amides is 1. The Balaban J connectivity index is 1.71. The zero-order valence-corrected chi connectivity index (χ0v) is 12.4. The summed E-state index contributed by atoms with van der Waals surface area (Å²) in [6.07, 6.45) is 3.74. The summed E-state index contributed by atoms with van der Waals surface area (Å²) in [6.45, 7) is 0.528.